The van der Waals surface area contributed by atoms with Crippen molar-refractivity contribution in [2.75, 3.05) is 33.0 Å². The zero-order valence-electron chi connectivity index (χ0n) is 16.3. The summed E-state index contributed by atoms with van der Waals surface area (Å²) in [5.74, 6) is 0.569. The number of nitrogens with two attached hydrogens (primary N) is 1. The summed E-state index contributed by atoms with van der Waals surface area (Å²) in [6.45, 7) is 8.45. The highest BCUT2D eigenvalue weighted by Gasteiger charge is 2.18. The summed E-state index contributed by atoms with van der Waals surface area (Å²) >= 11 is 0. The van der Waals surface area contributed by atoms with Crippen molar-refractivity contribution in [3.8, 4) is 0 Å². The van der Waals surface area contributed by atoms with Gasteiger partial charge in [-0.15, -0.1) is 0 Å². The minimum Gasteiger partial charge on any atom is -0.379 e. The van der Waals surface area contributed by atoms with Crippen molar-refractivity contribution in [3.05, 3.63) is 0 Å². The number of amides is 1. The lowest BCUT2D eigenvalue weighted by atomic mass is 9.85. The molecule has 1 amide bonds. The van der Waals surface area contributed by atoms with Gasteiger partial charge < -0.3 is 19.9 Å². The minimum atomic E-state index is -0.346. The first-order valence-corrected chi connectivity index (χ1v) is 9.55. The maximum absolute atomic E-state index is 11.2. The molecule has 0 aliphatic heterocycles. The van der Waals surface area contributed by atoms with Crippen LogP contribution in [-0.4, -0.2) is 50.8 Å². The van der Waals surface area contributed by atoms with Crippen LogP contribution in [0.2, 0.25) is 0 Å². The van der Waals surface area contributed by atoms with Crippen LogP contribution in [0.25, 0.3) is 0 Å². The molecule has 1 rings (SSSR count). The van der Waals surface area contributed by atoms with Crippen LogP contribution in [0, 0.1) is 5.92 Å². The van der Waals surface area contributed by atoms with Gasteiger partial charge in [0.2, 0.25) is 5.91 Å². The number of hydrogen-bond acceptors (Lipinski definition) is 5. The standard InChI is InChI=1S/C10H21NO4.C9H16O/c1-9(2)15-8-7-14-6-5-13-4-3-10(11)12;1-2-9(10)8-6-4-3-5-7-8/h9H,3-8H2,1-2H3,(H2,11,12);8H,2-7H2,1H3. The van der Waals surface area contributed by atoms with Crippen LogP contribution in [0.5, 0.6) is 0 Å². The van der Waals surface area contributed by atoms with Crippen molar-refractivity contribution in [2.45, 2.75) is 71.8 Å². The first-order chi connectivity index (χ1) is 12.0. The predicted molar refractivity (Wildman–Crippen MR) is 98.4 cm³/mol. The van der Waals surface area contributed by atoms with Gasteiger partial charge in [-0.3, -0.25) is 9.59 Å². The number of primary amides is 1. The lowest BCUT2D eigenvalue weighted by molar-refractivity contribution is -0.123. The van der Waals surface area contributed by atoms with Crippen molar-refractivity contribution >= 4 is 11.7 Å². The first-order valence-electron chi connectivity index (χ1n) is 9.55. The molecule has 0 bridgehead atoms. The van der Waals surface area contributed by atoms with Crippen LogP contribution in [0.1, 0.15) is 65.7 Å². The van der Waals surface area contributed by atoms with Crippen LogP contribution in [-0.2, 0) is 23.8 Å². The SMILES string of the molecule is CC(C)OCCOCCOCCC(N)=O.CCC(=O)C1CCCCC1. The van der Waals surface area contributed by atoms with Gasteiger partial charge in [-0.05, 0) is 26.7 Å². The molecule has 1 saturated carbocycles. The van der Waals surface area contributed by atoms with E-state index in [4.69, 9.17) is 19.9 Å². The number of hydrogen-bond donors (Lipinski definition) is 1. The Labute approximate surface area is 152 Å². The maximum atomic E-state index is 11.2. The molecule has 0 spiro atoms. The van der Waals surface area contributed by atoms with E-state index in [1.54, 1.807) is 0 Å². The van der Waals surface area contributed by atoms with Gasteiger partial charge in [-0.2, -0.15) is 0 Å². The fourth-order valence-electron chi connectivity index (χ4n) is 2.55. The lowest BCUT2D eigenvalue weighted by Gasteiger charge is -2.19. The highest BCUT2D eigenvalue weighted by molar-refractivity contribution is 5.80. The van der Waals surface area contributed by atoms with Crippen LogP contribution < -0.4 is 5.73 Å². The Morgan fingerprint density at radius 2 is 1.52 bits per heavy atom. The topological polar surface area (TPSA) is 87.8 Å². The Morgan fingerprint density at radius 1 is 0.960 bits per heavy atom. The average Bonchev–Trinajstić information content (AvgIpc) is 2.60. The molecule has 1 aliphatic carbocycles. The van der Waals surface area contributed by atoms with Gasteiger partial charge in [0.15, 0.2) is 0 Å². The smallest absolute Gasteiger partial charge is 0.219 e. The Balaban J connectivity index is 0.000000496. The molecule has 0 unspecified atom stereocenters. The molecule has 148 valence electrons. The molecule has 0 saturated heterocycles. The minimum absolute atomic E-state index is 0.236. The molecule has 25 heavy (non-hydrogen) atoms. The van der Waals surface area contributed by atoms with Gasteiger partial charge in [0, 0.05) is 18.8 Å². The Kier molecular flexibility index (Phi) is 15.8. The van der Waals surface area contributed by atoms with Crippen molar-refractivity contribution < 1.29 is 23.8 Å². The Hall–Kier alpha value is -0.980. The maximum Gasteiger partial charge on any atom is 0.219 e. The predicted octanol–water partition coefficient (Wildman–Crippen LogP) is 2.87. The van der Waals surface area contributed by atoms with E-state index in [0.29, 0.717) is 44.7 Å². The second-order valence-electron chi connectivity index (χ2n) is 6.52. The van der Waals surface area contributed by atoms with Gasteiger partial charge in [-0.1, -0.05) is 26.2 Å². The molecule has 0 atom stereocenters. The Morgan fingerprint density at radius 3 is 2.04 bits per heavy atom. The molecule has 6 nitrogen and oxygen atoms in total. The summed E-state index contributed by atoms with van der Waals surface area (Å²) in [6.07, 6.45) is 7.45. The monoisotopic (exact) mass is 359 g/mol. The molecule has 2 N–H and O–H groups in total. The summed E-state index contributed by atoms with van der Waals surface area (Å²) in [4.78, 5) is 21.5. The van der Waals surface area contributed by atoms with E-state index in [9.17, 15) is 9.59 Å². The second kappa shape index (κ2) is 16.5. The second-order valence-corrected chi connectivity index (χ2v) is 6.52. The molecule has 0 radical (unpaired) electrons. The van der Waals surface area contributed by atoms with Crippen LogP contribution in [0.4, 0.5) is 0 Å². The van der Waals surface area contributed by atoms with Crippen molar-refractivity contribution in [1.82, 2.24) is 0 Å². The molecule has 0 aromatic carbocycles. The first kappa shape index (κ1) is 24.0. The number of carbonyl (C=O) groups excluding carboxylic acids is 2. The van der Waals surface area contributed by atoms with Crippen LogP contribution in [0.3, 0.4) is 0 Å². The Bertz CT molecular complexity index is 341. The molecule has 0 heterocycles. The highest BCUT2D eigenvalue weighted by Crippen LogP contribution is 2.24. The number of Topliss-reactive ketones (excluding diaryl/α,β-unsaturated/α-hetero) is 1. The van der Waals surface area contributed by atoms with E-state index < -0.39 is 0 Å². The molecule has 1 aliphatic rings. The number of rotatable bonds is 12. The number of ether oxygens (including phenoxy) is 3. The quantitative estimate of drug-likeness (QED) is 0.541. The normalized spacial score (nSPS) is 14.9. The third kappa shape index (κ3) is 16.2. The van der Waals surface area contributed by atoms with Gasteiger partial charge in [0.1, 0.15) is 5.78 Å². The third-order valence-corrected chi connectivity index (χ3v) is 3.95. The van der Waals surface area contributed by atoms with Crippen LogP contribution in [0.15, 0.2) is 0 Å². The number of ketones is 1. The third-order valence-electron chi connectivity index (χ3n) is 3.95. The van der Waals surface area contributed by atoms with Crippen molar-refractivity contribution in [3.63, 3.8) is 0 Å². The largest absolute Gasteiger partial charge is 0.379 e. The van der Waals surface area contributed by atoms with E-state index in [0.717, 1.165) is 19.3 Å². The van der Waals surface area contributed by atoms with Gasteiger partial charge in [0.05, 0.1) is 39.1 Å². The van der Waals surface area contributed by atoms with E-state index in [1.165, 1.54) is 19.3 Å². The van der Waals surface area contributed by atoms with E-state index in [2.05, 4.69) is 0 Å². The molecule has 6 heteroatoms. The molecular formula is C19H37NO5. The number of carbonyl (C=O) groups is 2. The summed E-state index contributed by atoms with van der Waals surface area (Å²) in [5.41, 5.74) is 4.93. The van der Waals surface area contributed by atoms with Crippen molar-refractivity contribution in [1.29, 1.82) is 0 Å². The summed E-state index contributed by atoms with van der Waals surface area (Å²) in [7, 11) is 0. The zero-order valence-corrected chi connectivity index (χ0v) is 16.3. The van der Waals surface area contributed by atoms with E-state index >= 15 is 0 Å². The fraction of sp³-hybridized carbons (Fsp3) is 0.895. The van der Waals surface area contributed by atoms with E-state index in [1.807, 2.05) is 20.8 Å². The fourth-order valence-corrected chi connectivity index (χ4v) is 2.55. The zero-order chi connectivity index (χ0) is 18.9. The lowest BCUT2D eigenvalue weighted by Crippen LogP contribution is -2.16. The summed E-state index contributed by atoms with van der Waals surface area (Å²) in [5, 5.41) is 0. The highest BCUT2D eigenvalue weighted by atomic mass is 16.5. The molecule has 1 fully saturated rings. The summed E-state index contributed by atoms with van der Waals surface area (Å²) < 4.78 is 15.6. The van der Waals surface area contributed by atoms with E-state index in [-0.39, 0.29) is 18.4 Å². The molecular weight excluding hydrogens is 322 g/mol. The molecule has 0 aromatic rings. The van der Waals surface area contributed by atoms with Gasteiger partial charge in [0.25, 0.3) is 0 Å². The van der Waals surface area contributed by atoms with Crippen molar-refractivity contribution in [2.24, 2.45) is 11.7 Å². The van der Waals surface area contributed by atoms with Gasteiger partial charge >= 0.3 is 0 Å². The summed E-state index contributed by atoms with van der Waals surface area (Å²) in [6, 6.07) is 0. The van der Waals surface area contributed by atoms with Gasteiger partial charge in [-0.25, -0.2) is 0 Å². The average molecular weight is 360 g/mol. The molecule has 0 aromatic heterocycles. The van der Waals surface area contributed by atoms with Crippen LogP contribution >= 0.6 is 0 Å².